The van der Waals surface area contributed by atoms with Crippen molar-refractivity contribution in [3.05, 3.63) is 60.8 Å². The fraction of sp³-hybridized carbons (Fsp3) is 0.419. The average molecular weight is 595 g/mol. The molecule has 1 saturated heterocycles. The summed E-state index contributed by atoms with van der Waals surface area (Å²) in [5.41, 5.74) is 1.61. The van der Waals surface area contributed by atoms with E-state index >= 15 is 8.78 Å². The number of carbonyl (C=O) groups is 1. The summed E-state index contributed by atoms with van der Waals surface area (Å²) in [5.74, 6) is 0.0573. The first-order valence-electron chi connectivity index (χ1n) is 14.2. The number of rotatable bonds is 7. The second-order valence-corrected chi connectivity index (χ2v) is 12.5. The zero-order valence-corrected chi connectivity index (χ0v) is 25.4. The molecule has 1 atom stereocenters. The minimum atomic E-state index is -0.669. The SMILES string of the molecule is CCCSc1ccc(F)c(-n2cc(-c3cncnc3)c3nc(N(C)C4CCCCN4C(=O)OC(C)(C)C)ccc32)c1F. The Morgan fingerprint density at radius 2 is 1.90 bits per heavy atom. The number of anilines is 1. The van der Waals surface area contributed by atoms with Crippen LogP contribution in [-0.4, -0.2) is 61.6 Å². The van der Waals surface area contributed by atoms with E-state index in [1.54, 1.807) is 23.5 Å². The number of fused-ring (bicyclic) bond motifs is 1. The van der Waals surface area contributed by atoms with Crippen molar-refractivity contribution in [2.24, 2.45) is 0 Å². The van der Waals surface area contributed by atoms with E-state index in [2.05, 4.69) is 9.97 Å². The van der Waals surface area contributed by atoms with Crippen LogP contribution in [0.3, 0.4) is 0 Å². The molecule has 4 heterocycles. The number of likely N-dealkylation sites (tertiary alicyclic amines) is 1. The number of amides is 1. The molecule has 222 valence electrons. The van der Waals surface area contributed by atoms with Gasteiger partial charge in [0.15, 0.2) is 5.82 Å². The third-order valence-corrected chi connectivity index (χ3v) is 8.38. The largest absolute Gasteiger partial charge is 0.444 e. The van der Waals surface area contributed by atoms with Crippen LogP contribution >= 0.6 is 11.8 Å². The number of aromatic nitrogens is 4. The van der Waals surface area contributed by atoms with Gasteiger partial charge in [0.1, 0.15) is 35.4 Å². The fourth-order valence-electron chi connectivity index (χ4n) is 5.19. The molecule has 11 heteroatoms. The molecular formula is C31H36F2N6O2S. The van der Waals surface area contributed by atoms with Crippen LogP contribution in [0.15, 0.2) is 54.1 Å². The van der Waals surface area contributed by atoms with E-state index in [0.29, 0.717) is 39.4 Å². The summed E-state index contributed by atoms with van der Waals surface area (Å²) in [5, 5.41) is 0. The molecule has 42 heavy (non-hydrogen) atoms. The number of thioether (sulfide) groups is 1. The number of piperidine rings is 1. The monoisotopic (exact) mass is 594 g/mol. The summed E-state index contributed by atoms with van der Waals surface area (Å²) in [4.78, 5) is 30.5. The van der Waals surface area contributed by atoms with Crippen molar-refractivity contribution in [2.45, 2.75) is 70.0 Å². The van der Waals surface area contributed by atoms with Crippen molar-refractivity contribution in [3.63, 3.8) is 0 Å². The van der Waals surface area contributed by atoms with Gasteiger partial charge in [0, 0.05) is 48.2 Å². The summed E-state index contributed by atoms with van der Waals surface area (Å²) in [6.45, 7) is 8.16. The minimum absolute atomic E-state index is 0.157. The molecule has 1 fully saturated rings. The third kappa shape index (κ3) is 6.06. The van der Waals surface area contributed by atoms with Gasteiger partial charge < -0.3 is 14.2 Å². The predicted octanol–water partition coefficient (Wildman–Crippen LogP) is 7.45. The zero-order chi connectivity index (χ0) is 30.0. The molecule has 1 amide bonds. The van der Waals surface area contributed by atoms with Gasteiger partial charge in [0.05, 0.1) is 11.0 Å². The summed E-state index contributed by atoms with van der Waals surface area (Å²) >= 11 is 1.36. The molecule has 0 aliphatic carbocycles. The molecule has 1 aliphatic heterocycles. The molecular weight excluding hydrogens is 558 g/mol. The quantitative estimate of drug-likeness (QED) is 0.206. The predicted molar refractivity (Wildman–Crippen MR) is 162 cm³/mol. The molecule has 5 rings (SSSR count). The first-order chi connectivity index (χ1) is 20.1. The number of benzene rings is 1. The molecule has 0 radical (unpaired) electrons. The highest BCUT2D eigenvalue weighted by Crippen LogP contribution is 2.37. The van der Waals surface area contributed by atoms with Gasteiger partial charge in [0.2, 0.25) is 0 Å². The van der Waals surface area contributed by atoms with Gasteiger partial charge in [-0.3, -0.25) is 4.90 Å². The number of ether oxygens (including phenoxy) is 1. The van der Waals surface area contributed by atoms with E-state index in [9.17, 15) is 4.79 Å². The Labute approximate surface area is 249 Å². The Bertz CT molecular complexity index is 1570. The zero-order valence-electron chi connectivity index (χ0n) is 24.6. The maximum absolute atomic E-state index is 15.8. The summed E-state index contributed by atoms with van der Waals surface area (Å²) in [6, 6.07) is 6.42. The topological polar surface area (TPSA) is 76.4 Å². The molecule has 8 nitrogen and oxygen atoms in total. The van der Waals surface area contributed by atoms with Gasteiger partial charge in [-0.2, -0.15) is 0 Å². The Hall–Kier alpha value is -3.73. The summed E-state index contributed by atoms with van der Waals surface area (Å²) in [6.07, 6.45) is 9.27. The van der Waals surface area contributed by atoms with E-state index in [1.165, 1.54) is 34.8 Å². The number of hydrogen-bond donors (Lipinski definition) is 0. The van der Waals surface area contributed by atoms with E-state index < -0.39 is 17.2 Å². The number of halogens is 2. The lowest BCUT2D eigenvalue weighted by atomic mass is 10.1. The van der Waals surface area contributed by atoms with Crippen LogP contribution in [0.1, 0.15) is 53.4 Å². The Morgan fingerprint density at radius 3 is 2.62 bits per heavy atom. The van der Waals surface area contributed by atoms with Crippen molar-refractivity contribution in [1.82, 2.24) is 24.4 Å². The van der Waals surface area contributed by atoms with Crippen LogP contribution in [0.4, 0.5) is 19.4 Å². The van der Waals surface area contributed by atoms with Crippen molar-refractivity contribution in [1.29, 1.82) is 0 Å². The van der Waals surface area contributed by atoms with Crippen LogP contribution in [0, 0.1) is 11.6 Å². The van der Waals surface area contributed by atoms with Gasteiger partial charge in [-0.15, -0.1) is 11.8 Å². The number of hydrogen-bond acceptors (Lipinski definition) is 7. The normalized spacial score (nSPS) is 15.7. The van der Waals surface area contributed by atoms with Crippen LogP contribution in [-0.2, 0) is 4.74 Å². The van der Waals surface area contributed by atoms with Crippen molar-refractivity contribution in [2.75, 3.05) is 24.2 Å². The van der Waals surface area contributed by atoms with E-state index in [0.717, 1.165) is 31.4 Å². The van der Waals surface area contributed by atoms with Gasteiger partial charge >= 0.3 is 6.09 Å². The molecule has 1 unspecified atom stereocenters. The molecule has 0 N–H and O–H groups in total. The molecule has 0 saturated carbocycles. The van der Waals surface area contributed by atoms with Crippen LogP contribution < -0.4 is 4.90 Å². The number of nitrogens with zero attached hydrogens (tertiary/aromatic N) is 6. The molecule has 3 aromatic heterocycles. The fourth-order valence-corrected chi connectivity index (χ4v) is 6.01. The second kappa shape index (κ2) is 12.2. The highest BCUT2D eigenvalue weighted by atomic mass is 32.2. The summed E-state index contributed by atoms with van der Waals surface area (Å²) in [7, 11) is 1.90. The summed E-state index contributed by atoms with van der Waals surface area (Å²) < 4.78 is 38.3. The Kier molecular flexibility index (Phi) is 8.68. The molecule has 4 aromatic rings. The van der Waals surface area contributed by atoms with Gasteiger partial charge in [-0.1, -0.05) is 6.92 Å². The van der Waals surface area contributed by atoms with E-state index in [4.69, 9.17) is 9.72 Å². The van der Waals surface area contributed by atoms with Crippen LogP contribution in [0.25, 0.3) is 27.8 Å². The molecule has 1 aliphatic rings. The van der Waals surface area contributed by atoms with Gasteiger partial charge in [0.25, 0.3) is 0 Å². The minimum Gasteiger partial charge on any atom is -0.444 e. The molecule has 0 spiro atoms. The van der Waals surface area contributed by atoms with Gasteiger partial charge in [-0.25, -0.2) is 28.5 Å². The van der Waals surface area contributed by atoms with Crippen molar-refractivity contribution < 1.29 is 18.3 Å². The second-order valence-electron chi connectivity index (χ2n) is 11.4. The van der Waals surface area contributed by atoms with Crippen molar-refractivity contribution >= 4 is 34.7 Å². The van der Waals surface area contributed by atoms with Gasteiger partial charge in [-0.05, 0) is 76.5 Å². The molecule has 1 aromatic carbocycles. The molecule has 0 bridgehead atoms. The Morgan fingerprint density at radius 1 is 1.14 bits per heavy atom. The lowest BCUT2D eigenvalue weighted by Gasteiger charge is -2.41. The van der Waals surface area contributed by atoms with Crippen molar-refractivity contribution in [3.8, 4) is 16.8 Å². The number of carbonyl (C=O) groups excluding carboxylic acids is 1. The average Bonchev–Trinajstić information content (AvgIpc) is 3.34. The lowest BCUT2D eigenvalue weighted by Crippen LogP contribution is -2.53. The Balaban J connectivity index is 1.61. The standard InChI is InChI=1S/C31H36F2N6O2S/c1-6-15-42-24-12-10-22(32)29(27(24)33)39-18-21(20-16-34-19-35-17-20)28-23(39)11-13-25(36-28)37(5)26-9-7-8-14-38(26)30(40)41-31(2,3)4/h10-13,16-19,26H,6-9,14-15H2,1-5H3. The lowest BCUT2D eigenvalue weighted by molar-refractivity contribution is 0.00995. The first-order valence-corrected chi connectivity index (χ1v) is 15.2. The van der Waals surface area contributed by atoms with Crippen LogP contribution in [0.5, 0.6) is 0 Å². The smallest absolute Gasteiger partial charge is 0.411 e. The maximum atomic E-state index is 15.8. The highest BCUT2D eigenvalue weighted by Gasteiger charge is 2.34. The van der Waals surface area contributed by atoms with E-state index in [-0.39, 0.29) is 17.9 Å². The van der Waals surface area contributed by atoms with Crippen LogP contribution in [0.2, 0.25) is 0 Å². The van der Waals surface area contributed by atoms with E-state index in [1.807, 2.05) is 51.8 Å². The maximum Gasteiger partial charge on any atom is 0.411 e. The highest BCUT2D eigenvalue weighted by molar-refractivity contribution is 7.99. The number of pyridine rings is 1. The first kappa shape index (κ1) is 29.8. The third-order valence-electron chi connectivity index (χ3n) is 7.15.